The monoisotopic (exact) mass is 409 g/mol. The van der Waals surface area contributed by atoms with Gasteiger partial charge in [0.1, 0.15) is 5.69 Å². The molecule has 8 nitrogen and oxygen atoms in total. The zero-order chi connectivity index (χ0) is 21.7. The Labute approximate surface area is 174 Å². The molecule has 0 radical (unpaired) electrons. The smallest absolute Gasteiger partial charge is 0.272 e. The molecule has 30 heavy (non-hydrogen) atoms. The van der Waals surface area contributed by atoms with E-state index in [1.54, 1.807) is 60.3 Å². The predicted molar refractivity (Wildman–Crippen MR) is 114 cm³/mol. The average Bonchev–Trinajstić information content (AvgIpc) is 3.13. The predicted octanol–water partition coefficient (Wildman–Crippen LogP) is 3.56. The molecule has 156 valence electrons. The van der Waals surface area contributed by atoms with Gasteiger partial charge in [-0.3, -0.25) is 9.59 Å². The van der Waals surface area contributed by atoms with Gasteiger partial charge in [-0.05, 0) is 18.2 Å². The summed E-state index contributed by atoms with van der Waals surface area (Å²) in [5.74, 6) is 0.678. The van der Waals surface area contributed by atoms with Crippen LogP contribution in [0.2, 0.25) is 0 Å². The molecule has 1 heterocycles. The normalized spacial score (nSPS) is 10.3. The van der Waals surface area contributed by atoms with Crippen LogP contribution in [0.3, 0.4) is 0 Å². The summed E-state index contributed by atoms with van der Waals surface area (Å²) in [4.78, 5) is 25.1. The van der Waals surface area contributed by atoms with Crippen LogP contribution >= 0.6 is 0 Å². The SMILES string of the molecule is COc1cc(NC(=O)c2cc(NC(=O)c3ccccc3)cn2C)cc(OC)c1OC. The summed E-state index contributed by atoms with van der Waals surface area (Å²) in [6.45, 7) is 0. The van der Waals surface area contributed by atoms with Gasteiger partial charge in [-0.15, -0.1) is 0 Å². The maximum absolute atomic E-state index is 12.8. The summed E-state index contributed by atoms with van der Waals surface area (Å²) in [6.07, 6.45) is 1.67. The molecule has 3 aromatic rings. The number of amides is 2. The van der Waals surface area contributed by atoms with E-state index in [9.17, 15) is 9.59 Å². The van der Waals surface area contributed by atoms with Crippen molar-refractivity contribution in [1.82, 2.24) is 4.57 Å². The Bertz CT molecular complexity index is 1030. The highest BCUT2D eigenvalue weighted by Crippen LogP contribution is 2.40. The van der Waals surface area contributed by atoms with E-state index in [2.05, 4.69) is 10.6 Å². The fourth-order valence-electron chi connectivity index (χ4n) is 3.00. The van der Waals surface area contributed by atoms with Gasteiger partial charge in [0.25, 0.3) is 11.8 Å². The molecule has 2 amide bonds. The first-order valence-electron chi connectivity index (χ1n) is 9.11. The summed E-state index contributed by atoms with van der Waals surface area (Å²) in [5, 5.41) is 5.60. The number of hydrogen-bond donors (Lipinski definition) is 2. The summed E-state index contributed by atoms with van der Waals surface area (Å²) in [6, 6.07) is 13.7. The number of benzene rings is 2. The van der Waals surface area contributed by atoms with E-state index in [1.165, 1.54) is 21.3 Å². The molecule has 1 aromatic heterocycles. The number of nitrogens with one attached hydrogen (secondary N) is 2. The van der Waals surface area contributed by atoms with E-state index in [4.69, 9.17) is 14.2 Å². The summed E-state index contributed by atoms with van der Waals surface area (Å²) >= 11 is 0. The lowest BCUT2D eigenvalue weighted by atomic mass is 10.2. The van der Waals surface area contributed by atoms with Gasteiger partial charge in [0.05, 0.1) is 27.0 Å². The Balaban J connectivity index is 1.79. The number of aryl methyl sites for hydroxylation is 1. The molecule has 2 aromatic carbocycles. The number of anilines is 2. The first-order chi connectivity index (χ1) is 14.5. The van der Waals surface area contributed by atoms with Crippen LogP contribution in [0, 0.1) is 0 Å². The molecule has 0 saturated heterocycles. The second kappa shape index (κ2) is 9.04. The lowest BCUT2D eigenvalue weighted by Crippen LogP contribution is -2.15. The van der Waals surface area contributed by atoms with Crippen LogP contribution in [0.15, 0.2) is 54.7 Å². The molecule has 0 fully saturated rings. The van der Waals surface area contributed by atoms with Gasteiger partial charge in [0.2, 0.25) is 5.75 Å². The molecule has 0 aliphatic carbocycles. The van der Waals surface area contributed by atoms with Crippen LogP contribution in [0.4, 0.5) is 11.4 Å². The lowest BCUT2D eigenvalue weighted by Gasteiger charge is -2.14. The zero-order valence-electron chi connectivity index (χ0n) is 17.2. The van der Waals surface area contributed by atoms with E-state index in [0.717, 1.165) is 0 Å². The van der Waals surface area contributed by atoms with Crippen molar-refractivity contribution in [2.45, 2.75) is 0 Å². The van der Waals surface area contributed by atoms with Gasteiger partial charge in [-0.1, -0.05) is 18.2 Å². The number of hydrogen-bond acceptors (Lipinski definition) is 5. The number of carbonyl (C=O) groups excluding carboxylic acids is 2. The zero-order valence-corrected chi connectivity index (χ0v) is 17.2. The van der Waals surface area contributed by atoms with Crippen molar-refractivity contribution in [2.24, 2.45) is 7.05 Å². The molecule has 0 spiro atoms. The van der Waals surface area contributed by atoms with Crippen molar-refractivity contribution in [3.05, 3.63) is 66.0 Å². The highest BCUT2D eigenvalue weighted by Gasteiger charge is 2.17. The third kappa shape index (κ3) is 4.38. The van der Waals surface area contributed by atoms with Crippen molar-refractivity contribution < 1.29 is 23.8 Å². The number of nitrogens with zero attached hydrogens (tertiary/aromatic N) is 1. The molecule has 0 bridgehead atoms. The summed E-state index contributed by atoms with van der Waals surface area (Å²) < 4.78 is 17.5. The number of ether oxygens (including phenoxy) is 3. The van der Waals surface area contributed by atoms with Crippen LogP contribution in [0.1, 0.15) is 20.8 Å². The van der Waals surface area contributed by atoms with Crippen molar-refractivity contribution in [3.8, 4) is 17.2 Å². The van der Waals surface area contributed by atoms with Gasteiger partial charge in [0, 0.05) is 36.6 Å². The van der Waals surface area contributed by atoms with Crippen molar-refractivity contribution in [3.63, 3.8) is 0 Å². The molecular weight excluding hydrogens is 386 g/mol. The quantitative estimate of drug-likeness (QED) is 0.623. The minimum absolute atomic E-state index is 0.252. The van der Waals surface area contributed by atoms with Crippen LogP contribution in [-0.4, -0.2) is 37.7 Å². The molecule has 0 aliphatic heterocycles. The molecule has 2 N–H and O–H groups in total. The topological polar surface area (TPSA) is 90.8 Å². The van der Waals surface area contributed by atoms with Gasteiger partial charge in [-0.25, -0.2) is 0 Å². The molecule has 8 heteroatoms. The van der Waals surface area contributed by atoms with Gasteiger partial charge >= 0.3 is 0 Å². The van der Waals surface area contributed by atoms with Crippen molar-refractivity contribution >= 4 is 23.2 Å². The lowest BCUT2D eigenvalue weighted by molar-refractivity contribution is 0.101. The number of rotatable bonds is 7. The van der Waals surface area contributed by atoms with Crippen LogP contribution < -0.4 is 24.8 Å². The Morgan fingerprint density at radius 3 is 1.97 bits per heavy atom. The maximum Gasteiger partial charge on any atom is 0.272 e. The fraction of sp³-hybridized carbons (Fsp3) is 0.182. The third-order valence-electron chi connectivity index (χ3n) is 4.45. The summed E-state index contributed by atoms with van der Waals surface area (Å²) in [7, 11) is 6.24. The average molecular weight is 409 g/mol. The van der Waals surface area contributed by atoms with E-state index in [-0.39, 0.29) is 11.8 Å². The maximum atomic E-state index is 12.8. The Kier molecular flexibility index (Phi) is 6.26. The van der Waals surface area contributed by atoms with Crippen LogP contribution in [-0.2, 0) is 7.05 Å². The Hall–Kier alpha value is -3.94. The largest absolute Gasteiger partial charge is 0.493 e. The van der Waals surface area contributed by atoms with Crippen LogP contribution in [0.5, 0.6) is 17.2 Å². The first-order valence-corrected chi connectivity index (χ1v) is 9.11. The van der Waals surface area contributed by atoms with Crippen LogP contribution in [0.25, 0.3) is 0 Å². The van der Waals surface area contributed by atoms with Gasteiger partial charge in [-0.2, -0.15) is 0 Å². The minimum Gasteiger partial charge on any atom is -0.493 e. The molecule has 0 unspecified atom stereocenters. The number of aromatic nitrogens is 1. The standard InChI is InChI=1S/C22H23N3O5/c1-25-13-16(24-21(26)14-8-6-5-7-9-14)10-17(25)22(27)23-15-11-18(28-2)20(30-4)19(12-15)29-3/h5-13H,1-4H3,(H,23,27)(H,24,26). The number of methoxy groups -OCH3 is 3. The molecule has 0 aliphatic rings. The third-order valence-corrected chi connectivity index (χ3v) is 4.45. The summed E-state index contributed by atoms with van der Waals surface area (Å²) in [5.41, 5.74) is 1.89. The Morgan fingerprint density at radius 1 is 0.800 bits per heavy atom. The van der Waals surface area contributed by atoms with Gasteiger partial charge in [0.15, 0.2) is 11.5 Å². The Morgan fingerprint density at radius 2 is 1.40 bits per heavy atom. The van der Waals surface area contributed by atoms with Crippen molar-refractivity contribution in [2.75, 3.05) is 32.0 Å². The van der Waals surface area contributed by atoms with E-state index in [1.807, 2.05) is 6.07 Å². The second-order valence-electron chi connectivity index (χ2n) is 6.41. The molecule has 3 rings (SSSR count). The van der Waals surface area contributed by atoms with E-state index >= 15 is 0 Å². The second-order valence-corrected chi connectivity index (χ2v) is 6.41. The minimum atomic E-state index is -0.355. The molecular formula is C22H23N3O5. The highest BCUT2D eigenvalue weighted by molar-refractivity contribution is 6.07. The van der Waals surface area contributed by atoms with Crippen molar-refractivity contribution in [1.29, 1.82) is 0 Å². The van der Waals surface area contributed by atoms with Gasteiger partial charge < -0.3 is 29.4 Å². The molecule has 0 atom stereocenters. The van der Waals surface area contributed by atoms with E-state index in [0.29, 0.717) is 39.9 Å². The fourth-order valence-corrected chi connectivity index (χ4v) is 3.00. The first kappa shape index (κ1) is 20.8. The van der Waals surface area contributed by atoms with E-state index < -0.39 is 0 Å². The number of carbonyl (C=O) groups is 2. The highest BCUT2D eigenvalue weighted by atomic mass is 16.5. The molecule has 0 saturated carbocycles.